The number of para-hydroxylation sites is 1. The second-order valence-corrected chi connectivity index (χ2v) is 6.13. The molecular weight excluding hydrogens is 378 g/mol. The lowest BCUT2D eigenvalue weighted by Crippen LogP contribution is -2.20. The number of anilines is 1. The van der Waals surface area contributed by atoms with Crippen molar-refractivity contribution in [2.75, 3.05) is 19.0 Å². The summed E-state index contributed by atoms with van der Waals surface area (Å²) in [6, 6.07) is 14.5. The number of nitrogens with one attached hydrogen (secondary N) is 2. The van der Waals surface area contributed by atoms with E-state index >= 15 is 0 Å². The van der Waals surface area contributed by atoms with Gasteiger partial charge >= 0.3 is 0 Å². The molecule has 9 heteroatoms. The predicted molar refractivity (Wildman–Crippen MR) is 109 cm³/mol. The summed E-state index contributed by atoms with van der Waals surface area (Å²) in [6.45, 7) is 1.66. The highest BCUT2D eigenvalue weighted by molar-refractivity contribution is 7.71. The monoisotopic (exact) mass is 397 g/mol. The summed E-state index contributed by atoms with van der Waals surface area (Å²) in [5.74, 6) is 1.34. The van der Waals surface area contributed by atoms with E-state index in [4.69, 9.17) is 21.7 Å². The molecule has 0 aliphatic heterocycles. The van der Waals surface area contributed by atoms with Gasteiger partial charge in [0, 0.05) is 5.69 Å². The number of hydrogen-bond acceptors (Lipinski definition) is 6. The molecule has 3 rings (SSSR count). The van der Waals surface area contributed by atoms with Crippen LogP contribution in [0.1, 0.15) is 11.4 Å². The van der Waals surface area contributed by atoms with Crippen LogP contribution in [0.15, 0.2) is 53.6 Å². The highest BCUT2D eigenvalue weighted by Crippen LogP contribution is 2.27. The van der Waals surface area contributed by atoms with Gasteiger partial charge in [-0.2, -0.15) is 14.9 Å². The van der Waals surface area contributed by atoms with E-state index in [0.717, 1.165) is 5.56 Å². The summed E-state index contributed by atoms with van der Waals surface area (Å²) < 4.78 is 12.9. The largest absolute Gasteiger partial charge is 0.493 e. The first-order chi connectivity index (χ1) is 13.6. The second kappa shape index (κ2) is 8.96. The molecule has 0 unspecified atom stereocenters. The standard InChI is InChI=1S/C19H19N5O3S/c1-13-22-23-19(28)24(13)20-11-14-8-9-16(17(10-14)26-2)27-12-18(25)21-15-6-4-3-5-7-15/h3-11H,12H2,1-2H3,(H,21,25)(H,23,28)/b20-11+. The molecule has 1 heterocycles. The van der Waals surface area contributed by atoms with E-state index in [1.165, 1.54) is 11.8 Å². The zero-order valence-electron chi connectivity index (χ0n) is 15.4. The molecule has 3 aromatic rings. The highest BCUT2D eigenvalue weighted by Gasteiger charge is 2.09. The Kier molecular flexibility index (Phi) is 6.18. The Morgan fingerprint density at radius 1 is 1.29 bits per heavy atom. The smallest absolute Gasteiger partial charge is 0.262 e. The molecule has 0 aliphatic rings. The number of carbonyl (C=O) groups is 1. The Balaban J connectivity index is 1.66. The fourth-order valence-corrected chi connectivity index (χ4v) is 2.60. The van der Waals surface area contributed by atoms with Crippen molar-refractivity contribution in [3.05, 3.63) is 64.7 Å². The molecule has 0 aliphatic carbocycles. The molecule has 0 fully saturated rings. The van der Waals surface area contributed by atoms with Gasteiger partial charge in [-0.15, -0.1) is 0 Å². The van der Waals surface area contributed by atoms with Gasteiger partial charge in [0.1, 0.15) is 5.82 Å². The third-order valence-electron chi connectivity index (χ3n) is 3.74. The second-order valence-electron chi connectivity index (χ2n) is 5.75. The van der Waals surface area contributed by atoms with Gasteiger partial charge in [0.2, 0.25) is 4.77 Å². The number of ether oxygens (including phenoxy) is 2. The van der Waals surface area contributed by atoms with Crippen LogP contribution >= 0.6 is 12.2 Å². The van der Waals surface area contributed by atoms with Crippen molar-refractivity contribution in [2.45, 2.75) is 6.92 Å². The topological polar surface area (TPSA) is 93.5 Å². The summed E-state index contributed by atoms with van der Waals surface area (Å²) in [4.78, 5) is 12.0. The van der Waals surface area contributed by atoms with E-state index in [0.29, 0.717) is 27.8 Å². The lowest BCUT2D eigenvalue weighted by molar-refractivity contribution is -0.118. The van der Waals surface area contributed by atoms with Crippen LogP contribution < -0.4 is 14.8 Å². The lowest BCUT2D eigenvalue weighted by atomic mass is 10.2. The molecule has 28 heavy (non-hydrogen) atoms. The number of methoxy groups -OCH3 is 1. The molecule has 8 nitrogen and oxygen atoms in total. The van der Waals surface area contributed by atoms with Gasteiger partial charge in [0.25, 0.3) is 5.91 Å². The third-order valence-corrected chi connectivity index (χ3v) is 4.00. The molecule has 2 N–H and O–H groups in total. The number of aromatic amines is 1. The maximum Gasteiger partial charge on any atom is 0.262 e. The van der Waals surface area contributed by atoms with Crippen molar-refractivity contribution in [1.29, 1.82) is 0 Å². The summed E-state index contributed by atoms with van der Waals surface area (Å²) in [7, 11) is 1.53. The number of benzene rings is 2. The Bertz CT molecular complexity index is 1040. The SMILES string of the molecule is COc1cc(/C=N/n2c(C)n[nH]c2=S)ccc1OCC(=O)Nc1ccccc1. The molecule has 0 spiro atoms. The van der Waals surface area contributed by atoms with Crippen LogP contribution in [-0.2, 0) is 4.79 Å². The highest BCUT2D eigenvalue weighted by atomic mass is 32.1. The first-order valence-electron chi connectivity index (χ1n) is 8.41. The van der Waals surface area contributed by atoms with Gasteiger partial charge in [-0.3, -0.25) is 9.89 Å². The van der Waals surface area contributed by atoms with Crippen molar-refractivity contribution >= 4 is 30.0 Å². The van der Waals surface area contributed by atoms with Crippen LogP contribution in [-0.4, -0.2) is 40.7 Å². The normalized spacial score (nSPS) is 10.8. The van der Waals surface area contributed by atoms with Crippen LogP contribution in [0.2, 0.25) is 0 Å². The molecular formula is C19H19N5O3S. The quantitative estimate of drug-likeness (QED) is 0.472. The van der Waals surface area contributed by atoms with E-state index in [-0.39, 0.29) is 12.5 Å². The fraction of sp³-hybridized carbons (Fsp3) is 0.158. The molecule has 0 saturated heterocycles. The van der Waals surface area contributed by atoms with Gasteiger partial charge < -0.3 is 14.8 Å². The van der Waals surface area contributed by atoms with Crippen molar-refractivity contribution in [3.8, 4) is 11.5 Å². The molecule has 1 aromatic heterocycles. The third kappa shape index (κ3) is 4.83. The van der Waals surface area contributed by atoms with Gasteiger partial charge in [-0.05, 0) is 55.0 Å². The molecule has 0 saturated carbocycles. The van der Waals surface area contributed by atoms with Crippen LogP contribution in [0, 0.1) is 11.7 Å². The molecule has 2 aromatic carbocycles. The number of amides is 1. The average molecular weight is 397 g/mol. The minimum Gasteiger partial charge on any atom is -0.493 e. The van der Waals surface area contributed by atoms with E-state index in [2.05, 4.69) is 20.6 Å². The van der Waals surface area contributed by atoms with E-state index in [1.807, 2.05) is 18.2 Å². The van der Waals surface area contributed by atoms with Crippen molar-refractivity contribution in [1.82, 2.24) is 14.9 Å². The Hall–Kier alpha value is -3.46. The molecule has 144 valence electrons. The maximum absolute atomic E-state index is 12.0. The van der Waals surface area contributed by atoms with Crippen molar-refractivity contribution in [2.24, 2.45) is 5.10 Å². The first kappa shape index (κ1) is 19.3. The Morgan fingerprint density at radius 3 is 2.75 bits per heavy atom. The van der Waals surface area contributed by atoms with Crippen LogP contribution in [0.3, 0.4) is 0 Å². The minimum absolute atomic E-state index is 0.137. The number of nitrogens with zero attached hydrogens (tertiary/aromatic N) is 3. The van der Waals surface area contributed by atoms with Crippen molar-refractivity contribution < 1.29 is 14.3 Å². The lowest BCUT2D eigenvalue weighted by Gasteiger charge is -2.11. The number of aryl methyl sites for hydroxylation is 1. The zero-order chi connectivity index (χ0) is 19.9. The van der Waals surface area contributed by atoms with Crippen LogP contribution in [0.5, 0.6) is 11.5 Å². The van der Waals surface area contributed by atoms with Gasteiger partial charge in [0.15, 0.2) is 18.1 Å². The maximum atomic E-state index is 12.0. The van der Waals surface area contributed by atoms with Gasteiger partial charge in [0.05, 0.1) is 13.3 Å². The van der Waals surface area contributed by atoms with Crippen LogP contribution in [0.25, 0.3) is 0 Å². The Labute approximate surface area is 166 Å². The number of aromatic nitrogens is 3. The number of carbonyl (C=O) groups excluding carboxylic acids is 1. The summed E-state index contributed by atoms with van der Waals surface area (Å²) in [5, 5.41) is 13.7. The van der Waals surface area contributed by atoms with Gasteiger partial charge in [-0.1, -0.05) is 18.2 Å². The van der Waals surface area contributed by atoms with E-state index in [9.17, 15) is 4.79 Å². The number of rotatable bonds is 7. The molecule has 0 atom stereocenters. The van der Waals surface area contributed by atoms with Crippen LogP contribution in [0.4, 0.5) is 5.69 Å². The summed E-state index contributed by atoms with van der Waals surface area (Å²) >= 11 is 5.11. The predicted octanol–water partition coefficient (Wildman–Crippen LogP) is 3.16. The first-order valence-corrected chi connectivity index (χ1v) is 8.82. The summed E-state index contributed by atoms with van der Waals surface area (Å²) in [6.07, 6.45) is 1.63. The molecule has 1 amide bonds. The molecule has 0 bridgehead atoms. The summed E-state index contributed by atoms with van der Waals surface area (Å²) in [5.41, 5.74) is 1.49. The Morgan fingerprint density at radius 2 is 2.07 bits per heavy atom. The number of H-pyrrole nitrogens is 1. The van der Waals surface area contributed by atoms with E-state index < -0.39 is 0 Å². The van der Waals surface area contributed by atoms with Gasteiger partial charge in [-0.25, -0.2) is 0 Å². The van der Waals surface area contributed by atoms with Crippen molar-refractivity contribution in [3.63, 3.8) is 0 Å². The fourth-order valence-electron chi connectivity index (χ4n) is 2.38. The molecule has 0 radical (unpaired) electrons. The number of hydrogen-bond donors (Lipinski definition) is 2. The van der Waals surface area contributed by atoms with E-state index in [1.54, 1.807) is 43.5 Å². The minimum atomic E-state index is -0.260. The average Bonchev–Trinajstić information content (AvgIpc) is 3.03. The zero-order valence-corrected chi connectivity index (χ0v) is 16.2.